The van der Waals surface area contributed by atoms with Gasteiger partial charge in [0.15, 0.2) is 0 Å². The fourth-order valence-electron chi connectivity index (χ4n) is 6.40. The predicted octanol–water partition coefficient (Wildman–Crippen LogP) is 5.18. The zero-order valence-electron chi connectivity index (χ0n) is 19.0. The molecule has 34 heavy (non-hydrogen) atoms. The second-order valence-electron chi connectivity index (χ2n) is 9.84. The Morgan fingerprint density at radius 2 is 1.50 bits per heavy atom. The number of hydrogen-bond donors (Lipinski definition) is 1. The van der Waals surface area contributed by atoms with Gasteiger partial charge in [0.2, 0.25) is 11.8 Å². The molecule has 3 amide bonds. The molecular formula is C29H26N2O3. The van der Waals surface area contributed by atoms with Crippen LogP contribution in [0.3, 0.4) is 0 Å². The Morgan fingerprint density at radius 1 is 0.824 bits per heavy atom. The third kappa shape index (κ3) is 3.26. The lowest BCUT2D eigenvalue weighted by Gasteiger charge is -2.28. The van der Waals surface area contributed by atoms with Crippen molar-refractivity contribution in [2.45, 2.75) is 25.7 Å². The van der Waals surface area contributed by atoms with Gasteiger partial charge < -0.3 is 5.32 Å². The fourth-order valence-corrected chi connectivity index (χ4v) is 6.40. The first-order valence-corrected chi connectivity index (χ1v) is 11.9. The molecule has 2 saturated carbocycles. The van der Waals surface area contributed by atoms with Crippen molar-refractivity contribution in [2.75, 3.05) is 10.2 Å². The maximum Gasteiger partial charge on any atom is 0.255 e. The standard InChI is InChI=1S/C29H26N2O3/c1-17-7-11-21(12-8-17)30-27(32)19-9-13-22(14-10-19)31-28(33)25-20-15-23(18-5-3-2-4-6-18)24(16-20)26(25)29(31)34/h2-14,20,23-26H,15-16H2,1H3,(H,30,32)/t20-,23-,24-,25-,26+/m1/s1. The second-order valence-corrected chi connectivity index (χ2v) is 9.84. The second kappa shape index (κ2) is 7.94. The van der Waals surface area contributed by atoms with Gasteiger partial charge in [0, 0.05) is 11.3 Å². The van der Waals surface area contributed by atoms with Crippen LogP contribution in [0.1, 0.15) is 40.2 Å². The van der Waals surface area contributed by atoms with E-state index >= 15 is 0 Å². The first kappa shape index (κ1) is 20.8. The Hall–Kier alpha value is -3.73. The van der Waals surface area contributed by atoms with Gasteiger partial charge in [-0.3, -0.25) is 19.3 Å². The molecule has 5 atom stereocenters. The van der Waals surface area contributed by atoms with Gasteiger partial charge in [-0.2, -0.15) is 0 Å². The summed E-state index contributed by atoms with van der Waals surface area (Å²) in [6.07, 6.45) is 1.93. The summed E-state index contributed by atoms with van der Waals surface area (Å²) < 4.78 is 0. The van der Waals surface area contributed by atoms with E-state index < -0.39 is 0 Å². The molecular weight excluding hydrogens is 424 g/mol. The minimum atomic E-state index is -0.235. The molecule has 3 aliphatic rings. The summed E-state index contributed by atoms with van der Waals surface area (Å²) in [5, 5.41) is 2.88. The number of benzene rings is 3. The van der Waals surface area contributed by atoms with E-state index in [1.165, 1.54) is 10.5 Å². The van der Waals surface area contributed by atoms with Gasteiger partial charge in [-0.15, -0.1) is 0 Å². The van der Waals surface area contributed by atoms with Gasteiger partial charge in [0.05, 0.1) is 17.5 Å². The average Bonchev–Trinajstić information content (AvgIpc) is 3.52. The summed E-state index contributed by atoms with van der Waals surface area (Å²) in [4.78, 5) is 40.8. The van der Waals surface area contributed by atoms with E-state index in [1.54, 1.807) is 24.3 Å². The van der Waals surface area contributed by atoms with Crippen LogP contribution in [0.4, 0.5) is 11.4 Å². The van der Waals surface area contributed by atoms with Gasteiger partial charge in [-0.05, 0) is 79.5 Å². The number of nitrogens with zero attached hydrogens (tertiary/aromatic N) is 1. The van der Waals surface area contributed by atoms with Crippen molar-refractivity contribution in [3.63, 3.8) is 0 Å². The van der Waals surface area contributed by atoms with Crippen LogP contribution in [0.25, 0.3) is 0 Å². The molecule has 1 N–H and O–H groups in total. The first-order valence-electron chi connectivity index (χ1n) is 11.9. The highest BCUT2D eigenvalue weighted by Crippen LogP contribution is 2.61. The van der Waals surface area contributed by atoms with Gasteiger partial charge >= 0.3 is 0 Å². The van der Waals surface area contributed by atoms with E-state index in [0.717, 1.165) is 24.1 Å². The van der Waals surface area contributed by atoms with Crippen molar-refractivity contribution in [1.29, 1.82) is 0 Å². The van der Waals surface area contributed by atoms with E-state index in [9.17, 15) is 14.4 Å². The lowest BCUT2D eigenvalue weighted by molar-refractivity contribution is -0.123. The van der Waals surface area contributed by atoms with Crippen molar-refractivity contribution in [3.05, 3.63) is 95.6 Å². The smallest absolute Gasteiger partial charge is 0.255 e. The summed E-state index contributed by atoms with van der Waals surface area (Å²) in [5.74, 6) is 0.000479. The number of amides is 3. The minimum absolute atomic E-state index is 0.0779. The third-order valence-corrected chi connectivity index (χ3v) is 7.94. The topological polar surface area (TPSA) is 66.5 Å². The molecule has 3 fully saturated rings. The monoisotopic (exact) mass is 450 g/mol. The molecule has 2 aliphatic carbocycles. The molecule has 0 spiro atoms. The number of carbonyl (C=O) groups is 3. The van der Waals surface area contributed by atoms with Crippen LogP contribution in [-0.2, 0) is 9.59 Å². The van der Waals surface area contributed by atoms with Crippen LogP contribution in [0.5, 0.6) is 0 Å². The number of rotatable bonds is 4. The Kier molecular flexibility index (Phi) is 4.87. The number of carbonyl (C=O) groups excluding carboxylic acids is 3. The first-order chi connectivity index (χ1) is 16.5. The van der Waals surface area contributed by atoms with E-state index in [4.69, 9.17) is 0 Å². The van der Waals surface area contributed by atoms with E-state index in [-0.39, 0.29) is 41.4 Å². The number of imide groups is 1. The molecule has 3 aromatic carbocycles. The third-order valence-electron chi connectivity index (χ3n) is 7.94. The van der Waals surface area contributed by atoms with Crippen LogP contribution in [-0.4, -0.2) is 17.7 Å². The van der Waals surface area contributed by atoms with Crippen LogP contribution in [0.15, 0.2) is 78.9 Å². The average molecular weight is 451 g/mol. The van der Waals surface area contributed by atoms with Crippen LogP contribution in [0.2, 0.25) is 0 Å². The highest BCUT2D eigenvalue weighted by atomic mass is 16.2. The SMILES string of the molecule is Cc1ccc(NC(=O)c2ccc(N3C(=O)[C@@H]4[C@H]5C[C@@H]([C@@H]4C3=O)[C@@H](c3ccccc3)C5)cc2)cc1. The molecule has 0 radical (unpaired) electrons. The summed E-state index contributed by atoms with van der Waals surface area (Å²) in [6, 6.07) is 24.7. The Bertz CT molecular complexity index is 1270. The number of hydrogen-bond acceptors (Lipinski definition) is 3. The maximum atomic E-state index is 13.5. The molecule has 3 aromatic rings. The van der Waals surface area contributed by atoms with Crippen molar-refractivity contribution >= 4 is 29.1 Å². The van der Waals surface area contributed by atoms with Crippen molar-refractivity contribution < 1.29 is 14.4 Å². The molecule has 0 unspecified atom stereocenters. The van der Waals surface area contributed by atoms with Crippen LogP contribution < -0.4 is 10.2 Å². The quantitative estimate of drug-likeness (QED) is 0.557. The zero-order chi connectivity index (χ0) is 23.4. The zero-order valence-corrected chi connectivity index (χ0v) is 19.0. The normalized spacial score (nSPS) is 27.2. The lowest BCUT2D eigenvalue weighted by Crippen LogP contribution is -2.33. The summed E-state index contributed by atoms with van der Waals surface area (Å²) >= 11 is 0. The molecule has 1 aliphatic heterocycles. The van der Waals surface area contributed by atoms with Crippen molar-refractivity contribution in [2.24, 2.45) is 23.7 Å². The number of anilines is 2. The minimum Gasteiger partial charge on any atom is -0.322 e. The number of aryl methyl sites for hydroxylation is 1. The molecule has 0 aromatic heterocycles. The van der Waals surface area contributed by atoms with Gasteiger partial charge in [0.1, 0.15) is 0 Å². The predicted molar refractivity (Wildman–Crippen MR) is 130 cm³/mol. The van der Waals surface area contributed by atoms with E-state index in [0.29, 0.717) is 17.2 Å². The highest BCUT2D eigenvalue weighted by molar-refractivity contribution is 6.22. The molecule has 1 heterocycles. The molecule has 170 valence electrons. The largest absolute Gasteiger partial charge is 0.322 e. The van der Waals surface area contributed by atoms with Gasteiger partial charge in [0.25, 0.3) is 5.91 Å². The van der Waals surface area contributed by atoms with Crippen LogP contribution in [0, 0.1) is 30.6 Å². The summed E-state index contributed by atoms with van der Waals surface area (Å²) in [5.41, 5.74) is 4.15. The highest BCUT2D eigenvalue weighted by Gasteiger charge is 2.64. The summed E-state index contributed by atoms with van der Waals surface area (Å²) in [6.45, 7) is 1.99. The van der Waals surface area contributed by atoms with Gasteiger partial charge in [-0.25, -0.2) is 0 Å². The Morgan fingerprint density at radius 3 is 2.21 bits per heavy atom. The van der Waals surface area contributed by atoms with E-state index in [1.807, 2.05) is 49.4 Å². The van der Waals surface area contributed by atoms with Gasteiger partial charge in [-0.1, -0.05) is 48.0 Å². The fraction of sp³-hybridized carbons (Fsp3) is 0.276. The number of nitrogens with one attached hydrogen (secondary N) is 1. The summed E-state index contributed by atoms with van der Waals surface area (Å²) in [7, 11) is 0. The van der Waals surface area contributed by atoms with E-state index in [2.05, 4.69) is 17.4 Å². The number of fused-ring (bicyclic) bond motifs is 5. The van der Waals surface area contributed by atoms with Crippen LogP contribution >= 0.6 is 0 Å². The Balaban J connectivity index is 1.20. The molecule has 1 saturated heterocycles. The maximum absolute atomic E-state index is 13.5. The molecule has 5 nitrogen and oxygen atoms in total. The lowest BCUT2D eigenvalue weighted by atomic mass is 9.73. The van der Waals surface area contributed by atoms with Crippen molar-refractivity contribution in [3.8, 4) is 0 Å². The molecule has 2 bridgehead atoms. The van der Waals surface area contributed by atoms with Crippen molar-refractivity contribution in [1.82, 2.24) is 0 Å². The molecule has 6 rings (SSSR count). The Labute approximate surface area is 198 Å². The molecule has 5 heteroatoms.